The first-order valence-corrected chi connectivity index (χ1v) is 4.48. The molecule has 1 aromatic rings. The van der Waals surface area contributed by atoms with Crippen LogP contribution in [0.25, 0.3) is 0 Å². The van der Waals surface area contributed by atoms with Gasteiger partial charge in [-0.1, -0.05) is 0 Å². The molecule has 69 valence electrons. The van der Waals surface area contributed by atoms with E-state index in [0.29, 0.717) is 0 Å². The highest BCUT2D eigenvalue weighted by atomic mass is 19.1. The van der Waals surface area contributed by atoms with Crippen molar-refractivity contribution in [3.8, 4) is 0 Å². The number of rotatable bonds is 1. The SMILES string of the molecule is Fc1c[c]cc(N2CCNCC2)c1. The predicted molar refractivity (Wildman–Crippen MR) is 50.3 cm³/mol. The van der Waals surface area contributed by atoms with Gasteiger partial charge in [0.05, 0.1) is 0 Å². The van der Waals surface area contributed by atoms with Crippen molar-refractivity contribution in [1.29, 1.82) is 0 Å². The Hall–Kier alpha value is -1.09. The number of nitrogens with one attached hydrogen (secondary N) is 1. The number of hydrogen-bond acceptors (Lipinski definition) is 2. The molecule has 1 aliphatic heterocycles. The largest absolute Gasteiger partial charge is 0.369 e. The van der Waals surface area contributed by atoms with E-state index >= 15 is 0 Å². The molecule has 1 fully saturated rings. The molecule has 2 nitrogen and oxygen atoms in total. The van der Waals surface area contributed by atoms with Gasteiger partial charge in [0.1, 0.15) is 5.82 Å². The van der Waals surface area contributed by atoms with Gasteiger partial charge in [-0.25, -0.2) is 4.39 Å². The Morgan fingerprint density at radius 3 is 2.77 bits per heavy atom. The first-order chi connectivity index (χ1) is 6.36. The topological polar surface area (TPSA) is 15.3 Å². The van der Waals surface area contributed by atoms with E-state index in [2.05, 4.69) is 16.3 Å². The molecule has 1 aliphatic rings. The average Bonchev–Trinajstić information content (AvgIpc) is 2.19. The second-order valence-corrected chi connectivity index (χ2v) is 3.15. The molecule has 1 aromatic carbocycles. The summed E-state index contributed by atoms with van der Waals surface area (Å²) in [5.41, 5.74) is 0.932. The predicted octanol–water partition coefficient (Wildman–Crippen LogP) is 1.04. The van der Waals surface area contributed by atoms with Gasteiger partial charge in [-0.3, -0.25) is 0 Å². The van der Waals surface area contributed by atoms with Crippen molar-refractivity contribution in [2.75, 3.05) is 31.1 Å². The summed E-state index contributed by atoms with van der Waals surface area (Å²) in [6, 6.07) is 7.53. The molecule has 0 aromatic heterocycles. The van der Waals surface area contributed by atoms with Crippen molar-refractivity contribution in [3.05, 3.63) is 30.1 Å². The quantitative estimate of drug-likeness (QED) is 0.692. The van der Waals surface area contributed by atoms with Crippen molar-refractivity contribution in [3.63, 3.8) is 0 Å². The van der Waals surface area contributed by atoms with Crippen LogP contribution in [0.15, 0.2) is 18.2 Å². The van der Waals surface area contributed by atoms with Crippen LogP contribution in [0.1, 0.15) is 0 Å². The third kappa shape index (κ3) is 1.98. The Labute approximate surface area is 77.4 Å². The highest BCUT2D eigenvalue weighted by molar-refractivity contribution is 5.46. The maximum absolute atomic E-state index is 12.8. The van der Waals surface area contributed by atoms with E-state index in [1.165, 1.54) is 6.07 Å². The lowest BCUT2D eigenvalue weighted by atomic mass is 10.2. The lowest BCUT2D eigenvalue weighted by Gasteiger charge is -2.29. The zero-order chi connectivity index (χ0) is 9.10. The summed E-state index contributed by atoms with van der Waals surface area (Å²) in [7, 11) is 0. The van der Waals surface area contributed by atoms with Crippen molar-refractivity contribution >= 4 is 5.69 Å². The first-order valence-electron chi connectivity index (χ1n) is 4.48. The summed E-state index contributed by atoms with van der Waals surface area (Å²) >= 11 is 0. The molecule has 0 amide bonds. The van der Waals surface area contributed by atoms with Gasteiger partial charge in [0.15, 0.2) is 0 Å². The Balaban J connectivity index is 2.14. The Kier molecular flexibility index (Phi) is 2.45. The van der Waals surface area contributed by atoms with E-state index in [0.717, 1.165) is 31.9 Å². The van der Waals surface area contributed by atoms with Crippen LogP contribution in [-0.2, 0) is 0 Å². The maximum atomic E-state index is 12.8. The summed E-state index contributed by atoms with van der Waals surface area (Å²) in [5, 5.41) is 3.25. The number of nitrogens with zero attached hydrogens (tertiary/aromatic N) is 1. The van der Waals surface area contributed by atoms with Crippen LogP contribution >= 0.6 is 0 Å². The van der Waals surface area contributed by atoms with Crippen LogP contribution in [0.3, 0.4) is 0 Å². The molecular weight excluding hydrogens is 167 g/mol. The number of piperazine rings is 1. The Morgan fingerprint density at radius 1 is 1.31 bits per heavy atom. The van der Waals surface area contributed by atoms with Crippen LogP contribution in [-0.4, -0.2) is 26.2 Å². The molecular formula is C10H12FN2. The molecule has 0 saturated carbocycles. The molecule has 1 radical (unpaired) electrons. The van der Waals surface area contributed by atoms with E-state index in [-0.39, 0.29) is 5.82 Å². The zero-order valence-corrected chi connectivity index (χ0v) is 7.39. The van der Waals surface area contributed by atoms with Crippen molar-refractivity contribution in [2.45, 2.75) is 0 Å². The lowest BCUT2D eigenvalue weighted by Crippen LogP contribution is -2.43. The fraction of sp³-hybridized carbons (Fsp3) is 0.400. The molecule has 13 heavy (non-hydrogen) atoms. The van der Waals surface area contributed by atoms with Crippen LogP contribution in [0.4, 0.5) is 10.1 Å². The molecule has 1 heterocycles. The summed E-state index contributed by atoms with van der Waals surface area (Å²) in [6.45, 7) is 3.82. The van der Waals surface area contributed by atoms with Crippen LogP contribution in [0.2, 0.25) is 0 Å². The lowest BCUT2D eigenvalue weighted by molar-refractivity contribution is 0.584. The minimum Gasteiger partial charge on any atom is -0.369 e. The first kappa shape index (κ1) is 8.51. The summed E-state index contributed by atoms with van der Waals surface area (Å²) in [6.07, 6.45) is 0. The fourth-order valence-electron chi connectivity index (χ4n) is 1.54. The van der Waals surface area contributed by atoms with Gasteiger partial charge in [-0.15, -0.1) is 0 Å². The van der Waals surface area contributed by atoms with E-state index in [1.807, 2.05) is 6.07 Å². The summed E-state index contributed by atoms with van der Waals surface area (Å²) in [5.74, 6) is -0.212. The standard InChI is InChI=1S/C10H12FN2/c11-9-2-1-3-10(8-9)13-6-4-12-5-7-13/h2-3,8,12H,4-7H2. The fourth-order valence-corrected chi connectivity index (χ4v) is 1.54. The van der Waals surface area contributed by atoms with Gasteiger partial charge in [0.2, 0.25) is 0 Å². The highest BCUT2D eigenvalue weighted by Gasteiger charge is 2.10. The monoisotopic (exact) mass is 179 g/mol. The minimum atomic E-state index is -0.212. The van der Waals surface area contributed by atoms with Gasteiger partial charge < -0.3 is 10.2 Å². The number of benzene rings is 1. The molecule has 0 bridgehead atoms. The van der Waals surface area contributed by atoms with Crippen molar-refractivity contribution in [1.82, 2.24) is 5.32 Å². The van der Waals surface area contributed by atoms with Crippen LogP contribution in [0.5, 0.6) is 0 Å². The molecule has 0 atom stereocenters. The summed E-state index contributed by atoms with van der Waals surface area (Å²) in [4.78, 5) is 2.16. The van der Waals surface area contributed by atoms with E-state index in [4.69, 9.17) is 0 Å². The Bertz CT molecular complexity index is 282. The normalized spacial score (nSPS) is 17.5. The number of halogens is 1. The molecule has 1 saturated heterocycles. The average molecular weight is 179 g/mol. The smallest absolute Gasteiger partial charge is 0.125 e. The van der Waals surface area contributed by atoms with Crippen LogP contribution in [0, 0.1) is 11.9 Å². The van der Waals surface area contributed by atoms with Gasteiger partial charge >= 0.3 is 0 Å². The van der Waals surface area contributed by atoms with Crippen molar-refractivity contribution < 1.29 is 4.39 Å². The van der Waals surface area contributed by atoms with Gasteiger partial charge in [0.25, 0.3) is 0 Å². The van der Waals surface area contributed by atoms with E-state index in [9.17, 15) is 4.39 Å². The molecule has 1 N–H and O–H groups in total. The molecule has 2 rings (SSSR count). The van der Waals surface area contributed by atoms with E-state index < -0.39 is 0 Å². The molecule has 0 spiro atoms. The second-order valence-electron chi connectivity index (χ2n) is 3.15. The number of anilines is 1. The van der Waals surface area contributed by atoms with Gasteiger partial charge in [-0.2, -0.15) is 0 Å². The Morgan fingerprint density at radius 2 is 2.08 bits per heavy atom. The van der Waals surface area contributed by atoms with Crippen LogP contribution < -0.4 is 10.2 Å². The van der Waals surface area contributed by atoms with Gasteiger partial charge in [0, 0.05) is 31.9 Å². The third-order valence-corrected chi connectivity index (χ3v) is 2.22. The van der Waals surface area contributed by atoms with Gasteiger partial charge in [-0.05, 0) is 24.3 Å². The maximum Gasteiger partial charge on any atom is 0.125 e. The summed E-state index contributed by atoms with van der Waals surface area (Å²) < 4.78 is 12.8. The minimum absolute atomic E-state index is 0.212. The molecule has 3 heteroatoms. The molecule has 0 aliphatic carbocycles. The molecule has 0 unspecified atom stereocenters. The highest BCUT2D eigenvalue weighted by Crippen LogP contribution is 2.14. The van der Waals surface area contributed by atoms with Crippen molar-refractivity contribution in [2.24, 2.45) is 0 Å². The van der Waals surface area contributed by atoms with E-state index in [1.54, 1.807) is 6.07 Å². The third-order valence-electron chi connectivity index (χ3n) is 2.22. The zero-order valence-electron chi connectivity index (χ0n) is 7.39. The second kappa shape index (κ2) is 3.75. The number of hydrogen-bond donors (Lipinski definition) is 1.